The Bertz CT molecular complexity index is 828. The monoisotopic (exact) mass is 374 g/mol. The molecule has 0 spiro atoms. The summed E-state index contributed by atoms with van der Waals surface area (Å²) in [7, 11) is 0. The van der Waals surface area contributed by atoms with Crippen LogP contribution in [0.3, 0.4) is 0 Å². The highest BCUT2D eigenvalue weighted by Crippen LogP contribution is 2.33. The number of aryl methyl sites for hydroxylation is 1. The SMILES string of the molecule is Cc1ccccc1NC(=O)CN1C(=O)C(=Cc2cccs2)SC1=S. The van der Waals surface area contributed by atoms with Crippen molar-refractivity contribution < 1.29 is 9.59 Å². The summed E-state index contributed by atoms with van der Waals surface area (Å²) < 4.78 is 0.405. The fraction of sp³-hybridized carbons (Fsp3) is 0.118. The molecule has 0 radical (unpaired) electrons. The molecule has 0 atom stereocenters. The zero-order chi connectivity index (χ0) is 17.1. The number of thioether (sulfide) groups is 1. The number of nitrogens with zero attached hydrogens (tertiary/aromatic N) is 1. The first kappa shape index (κ1) is 16.9. The third-order valence-electron chi connectivity index (χ3n) is 3.41. The van der Waals surface area contributed by atoms with Gasteiger partial charge in [0, 0.05) is 10.6 Å². The maximum absolute atomic E-state index is 12.5. The van der Waals surface area contributed by atoms with Gasteiger partial charge in [0.25, 0.3) is 5.91 Å². The van der Waals surface area contributed by atoms with Gasteiger partial charge in [-0.15, -0.1) is 11.3 Å². The van der Waals surface area contributed by atoms with E-state index in [1.807, 2.05) is 54.8 Å². The molecule has 1 aliphatic heterocycles. The average molecular weight is 375 g/mol. The topological polar surface area (TPSA) is 49.4 Å². The second-order valence-electron chi connectivity index (χ2n) is 5.15. The first-order valence-electron chi connectivity index (χ1n) is 7.19. The van der Waals surface area contributed by atoms with Crippen molar-refractivity contribution >= 4 is 63.2 Å². The summed E-state index contributed by atoms with van der Waals surface area (Å²) in [5, 5.41) is 4.77. The van der Waals surface area contributed by atoms with E-state index in [-0.39, 0.29) is 18.4 Å². The maximum atomic E-state index is 12.5. The number of carbonyl (C=O) groups is 2. The zero-order valence-electron chi connectivity index (χ0n) is 12.8. The van der Waals surface area contributed by atoms with Crippen molar-refractivity contribution in [2.45, 2.75) is 6.92 Å². The fourth-order valence-electron chi connectivity index (χ4n) is 2.19. The number of rotatable bonds is 4. The van der Waals surface area contributed by atoms with Crippen molar-refractivity contribution in [2.24, 2.45) is 0 Å². The molecule has 1 N–H and O–H groups in total. The largest absolute Gasteiger partial charge is 0.324 e. The zero-order valence-corrected chi connectivity index (χ0v) is 15.3. The van der Waals surface area contributed by atoms with E-state index in [0.29, 0.717) is 9.23 Å². The van der Waals surface area contributed by atoms with Crippen molar-refractivity contribution in [3.8, 4) is 0 Å². The van der Waals surface area contributed by atoms with Crippen molar-refractivity contribution in [1.82, 2.24) is 4.90 Å². The molecule has 1 aromatic heterocycles. The second kappa shape index (κ2) is 7.29. The summed E-state index contributed by atoms with van der Waals surface area (Å²) in [5.41, 5.74) is 1.70. The number of nitrogens with one attached hydrogen (secondary N) is 1. The molecule has 0 bridgehead atoms. The molecule has 122 valence electrons. The van der Waals surface area contributed by atoms with Gasteiger partial charge in [-0.05, 0) is 36.1 Å². The molecule has 1 aliphatic rings. The molecule has 4 nitrogen and oxygen atoms in total. The number of anilines is 1. The number of benzene rings is 1. The van der Waals surface area contributed by atoms with E-state index in [4.69, 9.17) is 12.2 Å². The Morgan fingerprint density at radius 2 is 2.08 bits per heavy atom. The number of amides is 2. The van der Waals surface area contributed by atoms with E-state index in [1.165, 1.54) is 16.7 Å². The molecule has 0 unspecified atom stereocenters. The number of hydrogen-bond donors (Lipinski definition) is 1. The van der Waals surface area contributed by atoms with E-state index in [9.17, 15) is 9.59 Å². The number of carbonyl (C=O) groups excluding carboxylic acids is 2. The van der Waals surface area contributed by atoms with Crippen LogP contribution in [0.25, 0.3) is 6.08 Å². The Hall–Kier alpha value is -1.96. The molecule has 2 amide bonds. The van der Waals surface area contributed by atoms with Crippen molar-refractivity contribution in [1.29, 1.82) is 0 Å². The molecule has 0 saturated carbocycles. The number of thiophene rings is 1. The molecule has 0 aliphatic carbocycles. The molecule has 24 heavy (non-hydrogen) atoms. The van der Waals surface area contributed by atoms with E-state index in [1.54, 1.807) is 11.3 Å². The molecule has 2 aromatic rings. The quantitative estimate of drug-likeness (QED) is 0.651. The number of hydrogen-bond acceptors (Lipinski definition) is 5. The summed E-state index contributed by atoms with van der Waals surface area (Å²) in [6.45, 7) is 1.83. The smallest absolute Gasteiger partial charge is 0.266 e. The second-order valence-corrected chi connectivity index (χ2v) is 7.80. The Labute approximate surface area is 153 Å². The summed E-state index contributed by atoms with van der Waals surface area (Å²) in [5.74, 6) is -0.490. The van der Waals surface area contributed by atoms with Crippen molar-refractivity contribution in [3.63, 3.8) is 0 Å². The van der Waals surface area contributed by atoms with Crippen LogP contribution in [0.15, 0.2) is 46.7 Å². The Balaban J connectivity index is 1.69. The van der Waals surface area contributed by atoms with Crippen LogP contribution >= 0.6 is 35.3 Å². The normalized spacial score (nSPS) is 16.0. The van der Waals surface area contributed by atoms with E-state index >= 15 is 0 Å². The molecule has 2 heterocycles. The van der Waals surface area contributed by atoms with Gasteiger partial charge in [0.1, 0.15) is 10.9 Å². The van der Waals surface area contributed by atoms with Crippen molar-refractivity contribution in [3.05, 3.63) is 57.1 Å². The van der Waals surface area contributed by atoms with Crippen LogP contribution in [0.2, 0.25) is 0 Å². The molecule has 3 rings (SSSR count). The van der Waals surface area contributed by atoms with Gasteiger partial charge < -0.3 is 5.32 Å². The predicted molar refractivity (Wildman–Crippen MR) is 104 cm³/mol. The summed E-state index contributed by atoms with van der Waals surface area (Å²) in [4.78, 5) is 27.6. The van der Waals surface area contributed by atoms with Gasteiger partial charge in [0.15, 0.2) is 0 Å². The van der Waals surface area contributed by atoms with Gasteiger partial charge in [0.2, 0.25) is 5.91 Å². The van der Waals surface area contributed by atoms with E-state index < -0.39 is 0 Å². The maximum Gasteiger partial charge on any atom is 0.266 e. The number of para-hydroxylation sites is 1. The summed E-state index contributed by atoms with van der Waals surface area (Å²) >= 11 is 8.03. The molecule has 1 aromatic carbocycles. The third-order valence-corrected chi connectivity index (χ3v) is 5.61. The van der Waals surface area contributed by atoms with Crippen LogP contribution in [0.1, 0.15) is 10.4 Å². The number of thiocarbonyl (C=S) groups is 1. The first-order chi connectivity index (χ1) is 11.5. The van der Waals surface area contributed by atoms with Crippen LogP contribution in [0.4, 0.5) is 5.69 Å². The first-order valence-corrected chi connectivity index (χ1v) is 9.29. The lowest BCUT2D eigenvalue weighted by atomic mass is 10.2. The lowest BCUT2D eigenvalue weighted by molar-refractivity contribution is -0.126. The molecular formula is C17H14N2O2S3. The summed E-state index contributed by atoms with van der Waals surface area (Å²) in [6.07, 6.45) is 1.81. The molecule has 1 fully saturated rings. The highest BCUT2D eigenvalue weighted by Gasteiger charge is 2.33. The van der Waals surface area contributed by atoms with Crippen LogP contribution < -0.4 is 5.32 Å². The average Bonchev–Trinajstić information content (AvgIpc) is 3.14. The van der Waals surface area contributed by atoms with Crippen LogP contribution in [0.5, 0.6) is 0 Å². The molecule has 1 saturated heterocycles. The highest BCUT2D eigenvalue weighted by atomic mass is 32.2. The lowest BCUT2D eigenvalue weighted by Crippen LogP contribution is -2.36. The van der Waals surface area contributed by atoms with Gasteiger partial charge in [0.05, 0.1) is 4.91 Å². The van der Waals surface area contributed by atoms with Crippen molar-refractivity contribution in [2.75, 3.05) is 11.9 Å². The predicted octanol–water partition coefficient (Wildman–Crippen LogP) is 3.90. The Morgan fingerprint density at radius 1 is 1.29 bits per heavy atom. The molecule has 7 heteroatoms. The standard InChI is InChI=1S/C17H14N2O2S3/c1-11-5-2-3-7-13(11)18-15(20)10-19-16(21)14(24-17(19)22)9-12-6-4-8-23-12/h2-9H,10H2,1H3,(H,18,20). The van der Waals surface area contributed by atoms with Crippen LogP contribution in [-0.4, -0.2) is 27.6 Å². The van der Waals surface area contributed by atoms with E-state index in [2.05, 4.69) is 5.32 Å². The highest BCUT2D eigenvalue weighted by molar-refractivity contribution is 8.26. The third kappa shape index (κ3) is 3.75. The van der Waals surface area contributed by atoms with Crippen LogP contribution in [-0.2, 0) is 9.59 Å². The minimum atomic E-state index is -0.266. The Morgan fingerprint density at radius 3 is 2.79 bits per heavy atom. The van der Waals surface area contributed by atoms with Gasteiger partial charge in [-0.2, -0.15) is 0 Å². The minimum absolute atomic E-state index is 0.0826. The summed E-state index contributed by atoms with van der Waals surface area (Å²) in [6, 6.07) is 11.4. The minimum Gasteiger partial charge on any atom is -0.324 e. The van der Waals surface area contributed by atoms with Crippen LogP contribution in [0, 0.1) is 6.92 Å². The van der Waals surface area contributed by atoms with Gasteiger partial charge >= 0.3 is 0 Å². The van der Waals surface area contributed by atoms with Gasteiger partial charge in [-0.3, -0.25) is 14.5 Å². The fourth-order valence-corrected chi connectivity index (χ4v) is 4.16. The van der Waals surface area contributed by atoms with Gasteiger partial charge in [-0.25, -0.2) is 0 Å². The Kier molecular flexibility index (Phi) is 5.13. The lowest BCUT2D eigenvalue weighted by Gasteiger charge is -2.15. The van der Waals surface area contributed by atoms with Gasteiger partial charge in [-0.1, -0.05) is 48.2 Å². The van der Waals surface area contributed by atoms with E-state index in [0.717, 1.165) is 16.1 Å². The molecular weight excluding hydrogens is 360 g/mol.